The van der Waals surface area contributed by atoms with Crippen molar-refractivity contribution < 1.29 is 9.53 Å². The number of aromatic nitrogens is 3. The average molecular weight is 315 g/mol. The van der Waals surface area contributed by atoms with Crippen LogP contribution in [-0.4, -0.2) is 33.4 Å². The Morgan fingerprint density at radius 3 is 3.04 bits per heavy atom. The molecule has 1 unspecified atom stereocenters. The molecule has 7 nitrogen and oxygen atoms in total. The average Bonchev–Trinajstić information content (AvgIpc) is 3.16. The van der Waals surface area contributed by atoms with E-state index >= 15 is 0 Å². The molecule has 23 heavy (non-hydrogen) atoms. The van der Waals surface area contributed by atoms with Crippen LogP contribution < -0.4 is 10.6 Å². The molecule has 0 aromatic carbocycles. The number of nitrogens with one attached hydrogen (secondary N) is 2. The number of aryl methyl sites for hydroxylation is 1. The van der Waals surface area contributed by atoms with Crippen LogP contribution in [0.1, 0.15) is 36.6 Å². The number of rotatable bonds is 4. The molecule has 3 atom stereocenters. The second kappa shape index (κ2) is 6.78. The number of carbonyl (C=O) groups is 1. The van der Waals surface area contributed by atoms with E-state index in [9.17, 15) is 4.79 Å². The molecule has 7 heteroatoms. The Kier molecular flexibility index (Phi) is 4.57. The second-order valence-corrected chi connectivity index (χ2v) is 5.76. The third kappa shape index (κ3) is 3.68. The lowest BCUT2D eigenvalue weighted by atomic mass is 10.1. The van der Waals surface area contributed by atoms with Crippen LogP contribution >= 0.6 is 0 Å². The summed E-state index contributed by atoms with van der Waals surface area (Å²) in [6.07, 6.45) is 7.80. The van der Waals surface area contributed by atoms with Crippen LogP contribution in [0.2, 0.25) is 0 Å². The molecular weight excluding hydrogens is 294 g/mol. The van der Waals surface area contributed by atoms with Gasteiger partial charge in [-0.2, -0.15) is 5.10 Å². The molecule has 1 aliphatic rings. The molecule has 0 aliphatic carbocycles. The van der Waals surface area contributed by atoms with Crippen molar-refractivity contribution in [3.8, 4) is 0 Å². The van der Waals surface area contributed by atoms with Crippen molar-refractivity contribution in [1.82, 2.24) is 25.4 Å². The van der Waals surface area contributed by atoms with Crippen molar-refractivity contribution in [2.75, 3.05) is 6.61 Å². The van der Waals surface area contributed by atoms with Crippen LogP contribution in [0.4, 0.5) is 4.79 Å². The summed E-state index contributed by atoms with van der Waals surface area (Å²) in [5.41, 5.74) is 1.95. The van der Waals surface area contributed by atoms with Crippen LogP contribution in [0, 0.1) is 0 Å². The molecule has 3 heterocycles. The fraction of sp³-hybridized carbons (Fsp3) is 0.438. The van der Waals surface area contributed by atoms with Gasteiger partial charge < -0.3 is 15.4 Å². The highest BCUT2D eigenvalue weighted by Crippen LogP contribution is 2.28. The molecule has 1 fully saturated rings. The number of urea groups is 1. The largest absolute Gasteiger partial charge is 0.371 e. The summed E-state index contributed by atoms with van der Waals surface area (Å²) < 4.78 is 7.48. The minimum atomic E-state index is -0.203. The molecule has 2 N–H and O–H groups in total. The SMILES string of the molecule is CC(NC(=O)N[C@H]1CCO[C@@H]1c1cnn(C)c1)c1cccnc1. The lowest BCUT2D eigenvalue weighted by Gasteiger charge is -2.21. The zero-order chi connectivity index (χ0) is 16.2. The van der Waals surface area contributed by atoms with E-state index in [1.54, 1.807) is 23.3 Å². The predicted molar refractivity (Wildman–Crippen MR) is 84.6 cm³/mol. The Balaban J connectivity index is 1.59. The first-order valence-corrected chi connectivity index (χ1v) is 7.70. The highest BCUT2D eigenvalue weighted by Gasteiger charge is 2.32. The minimum Gasteiger partial charge on any atom is -0.371 e. The smallest absolute Gasteiger partial charge is 0.315 e. The standard InChI is InChI=1S/C16H21N5O2/c1-11(12-4-3-6-17-8-12)19-16(22)20-14-5-7-23-15(14)13-9-18-21(2)10-13/h3-4,6,8-11,14-15H,5,7H2,1-2H3,(H2,19,20,22)/t11?,14-,15+/m0/s1. The summed E-state index contributed by atoms with van der Waals surface area (Å²) in [5.74, 6) is 0. The quantitative estimate of drug-likeness (QED) is 0.900. The maximum Gasteiger partial charge on any atom is 0.315 e. The number of hydrogen-bond acceptors (Lipinski definition) is 4. The van der Waals surface area contributed by atoms with Gasteiger partial charge in [-0.25, -0.2) is 4.79 Å². The van der Waals surface area contributed by atoms with Gasteiger partial charge >= 0.3 is 6.03 Å². The van der Waals surface area contributed by atoms with Crippen LogP contribution in [0.15, 0.2) is 36.9 Å². The molecule has 0 bridgehead atoms. The van der Waals surface area contributed by atoms with Crippen LogP contribution in [0.3, 0.4) is 0 Å². The summed E-state index contributed by atoms with van der Waals surface area (Å²) in [6, 6.07) is 3.43. The molecule has 2 aromatic rings. The monoisotopic (exact) mass is 315 g/mol. The summed E-state index contributed by atoms with van der Waals surface area (Å²) in [6.45, 7) is 2.56. The number of carbonyl (C=O) groups excluding carboxylic acids is 1. The summed E-state index contributed by atoms with van der Waals surface area (Å²) in [5, 5.41) is 10.1. The van der Waals surface area contributed by atoms with Gasteiger partial charge in [0, 0.05) is 37.8 Å². The van der Waals surface area contributed by atoms with Crippen LogP contribution in [0.5, 0.6) is 0 Å². The van der Waals surface area contributed by atoms with Gasteiger partial charge in [0.2, 0.25) is 0 Å². The van der Waals surface area contributed by atoms with Crippen LogP contribution in [0.25, 0.3) is 0 Å². The number of amides is 2. The van der Waals surface area contributed by atoms with Gasteiger partial charge in [0.05, 0.1) is 18.3 Å². The van der Waals surface area contributed by atoms with Gasteiger partial charge in [-0.3, -0.25) is 9.67 Å². The summed E-state index contributed by atoms with van der Waals surface area (Å²) in [4.78, 5) is 16.3. The molecular formula is C16H21N5O2. The van der Waals surface area contributed by atoms with Crippen molar-refractivity contribution in [3.63, 3.8) is 0 Å². The van der Waals surface area contributed by atoms with Gasteiger partial charge in [0.15, 0.2) is 0 Å². The van der Waals surface area contributed by atoms with Crippen LogP contribution in [-0.2, 0) is 11.8 Å². The minimum absolute atomic E-state index is 0.0553. The lowest BCUT2D eigenvalue weighted by molar-refractivity contribution is 0.0998. The molecule has 3 rings (SSSR count). The van der Waals surface area contributed by atoms with E-state index in [2.05, 4.69) is 20.7 Å². The molecule has 0 saturated carbocycles. The molecule has 0 radical (unpaired) electrons. The van der Waals surface area contributed by atoms with Gasteiger partial charge in [0.25, 0.3) is 0 Å². The fourth-order valence-electron chi connectivity index (χ4n) is 2.78. The second-order valence-electron chi connectivity index (χ2n) is 5.76. The van der Waals surface area contributed by atoms with E-state index in [-0.39, 0.29) is 24.2 Å². The summed E-state index contributed by atoms with van der Waals surface area (Å²) in [7, 11) is 1.86. The number of hydrogen-bond donors (Lipinski definition) is 2. The normalized spacial score (nSPS) is 21.8. The number of nitrogens with zero attached hydrogens (tertiary/aromatic N) is 3. The Morgan fingerprint density at radius 1 is 1.48 bits per heavy atom. The lowest BCUT2D eigenvalue weighted by Crippen LogP contribution is -2.44. The van der Waals surface area contributed by atoms with Crippen molar-refractivity contribution in [2.45, 2.75) is 31.5 Å². The third-order valence-electron chi connectivity index (χ3n) is 3.99. The molecule has 122 valence electrons. The molecule has 2 aromatic heterocycles. The number of ether oxygens (including phenoxy) is 1. The molecule has 2 amide bonds. The fourth-order valence-corrected chi connectivity index (χ4v) is 2.78. The van der Waals surface area contributed by atoms with Crippen molar-refractivity contribution >= 4 is 6.03 Å². The van der Waals surface area contributed by atoms with Gasteiger partial charge in [-0.15, -0.1) is 0 Å². The maximum absolute atomic E-state index is 12.2. The Morgan fingerprint density at radius 2 is 2.35 bits per heavy atom. The molecule has 1 aliphatic heterocycles. The molecule has 1 saturated heterocycles. The zero-order valence-corrected chi connectivity index (χ0v) is 13.3. The Bertz CT molecular complexity index is 658. The topological polar surface area (TPSA) is 81.1 Å². The van der Waals surface area contributed by atoms with Gasteiger partial charge in [0.1, 0.15) is 6.10 Å². The Labute approximate surface area is 135 Å². The first-order valence-electron chi connectivity index (χ1n) is 7.70. The van der Waals surface area contributed by atoms with E-state index in [1.165, 1.54) is 0 Å². The van der Waals surface area contributed by atoms with Crippen molar-refractivity contribution in [1.29, 1.82) is 0 Å². The third-order valence-corrected chi connectivity index (χ3v) is 3.99. The zero-order valence-electron chi connectivity index (χ0n) is 13.3. The Hall–Kier alpha value is -2.41. The van der Waals surface area contributed by atoms with Gasteiger partial charge in [-0.1, -0.05) is 6.07 Å². The summed E-state index contributed by atoms with van der Waals surface area (Å²) >= 11 is 0. The maximum atomic E-state index is 12.2. The highest BCUT2D eigenvalue weighted by atomic mass is 16.5. The molecule has 0 spiro atoms. The predicted octanol–water partition coefficient (Wildman–Crippen LogP) is 1.71. The van der Waals surface area contributed by atoms with E-state index in [0.717, 1.165) is 17.5 Å². The number of pyridine rings is 1. The first kappa shape index (κ1) is 15.5. The van der Waals surface area contributed by atoms with E-state index in [1.807, 2.05) is 32.3 Å². The van der Waals surface area contributed by atoms with Gasteiger partial charge in [-0.05, 0) is 25.0 Å². The van der Waals surface area contributed by atoms with Crippen molar-refractivity contribution in [2.24, 2.45) is 7.05 Å². The van der Waals surface area contributed by atoms with Crippen molar-refractivity contribution in [3.05, 3.63) is 48.0 Å². The first-order chi connectivity index (χ1) is 11.1. The van der Waals surface area contributed by atoms with E-state index in [0.29, 0.717) is 6.61 Å². The highest BCUT2D eigenvalue weighted by molar-refractivity contribution is 5.74. The van der Waals surface area contributed by atoms with E-state index < -0.39 is 0 Å². The van der Waals surface area contributed by atoms with E-state index in [4.69, 9.17) is 4.74 Å².